The van der Waals surface area contributed by atoms with Crippen LogP contribution in [0.25, 0.3) is 0 Å². The maximum Gasteiger partial charge on any atom is 0.255 e. The van der Waals surface area contributed by atoms with E-state index in [1.807, 2.05) is 6.92 Å². The molecule has 94 valence electrons. The summed E-state index contributed by atoms with van der Waals surface area (Å²) < 4.78 is 0. The van der Waals surface area contributed by atoms with Gasteiger partial charge >= 0.3 is 0 Å². The van der Waals surface area contributed by atoms with Gasteiger partial charge < -0.3 is 10.6 Å². The zero-order valence-electron chi connectivity index (χ0n) is 10.6. The smallest absolute Gasteiger partial charge is 0.255 e. The molecule has 0 aromatic carbocycles. The van der Waals surface area contributed by atoms with Crippen LogP contribution < -0.4 is 10.6 Å². The van der Waals surface area contributed by atoms with Crippen molar-refractivity contribution in [2.45, 2.75) is 39.3 Å². The molecule has 1 aliphatic heterocycles. The van der Waals surface area contributed by atoms with Crippen LogP contribution in [0, 0.1) is 12.8 Å². The third kappa shape index (κ3) is 2.49. The minimum absolute atomic E-state index is 0.0383. The van der Waals surface area contributed by atoms with E-state index in [1.54, 1.807) is 6.20 Å². The normalized spacial score (nSPS) is 29.0. The molecule has 17 heavy (non-hydrogen) atoms. The lowest BCUT2D eigenvalue weighted by Crippen LogP contribution is -2.55. The second-order valence-corrected chi connectivity index (χ2v) is 4.92. The van der Waals surface area contributed by atoms with Crippen LogP contribution in [0.3, 0.4) is 0 Å². The Hall–Kier alpha value is -1.36. The molecule has 2 rings (SSSR count). The summed E-state index contributed by atoms with van der Waals surface area (Å²) in [6.07, 6.45) is 2.68. The number of aromatic amines is 1. The van der Waals surface area contributed by atoms with Crippen LogP contribution in [-0.4, -0.2) is 34.7 Å². The van der Waals surface area contributed by atoms with Crippen LogP contribution in [0.15, 0.2) is 6.20 Å². The number of amides is 1. The molecule has 1 saturated heterocycles. The SMILES string of the molecule is Cc1[nH]ncc1C(=O)NC1C(C)CCNC1C. The molecule has 3 unspecified atom stereocenters. The van der Waals surface area contributed by atoms with Gasteiger partial charge in [-0.25, -0.2) is 0 Å². The first-order valence-corrected chi connectivity index (χ1v) is 6.14. The lowest BCUT2D eigenvalue weighted by atomic mass is 9.89. The molecule has 2 heterocycles. The van der Waals surface area contributed by atoms with Gasteiger partial charge in [-0.2, -0.15) is 5.10 Å². The van der Waals surface area contributed by atoms with Crippen LogP contribution in [0.1, 0.15) is 36.3 Å². The predicted molar refractivity (Wildman–Crippen MR) is 65.8 cm³/mol. The molecule has 3 atom stereocenters. The van der Waals surface area contributed by atoms with E-state index in [2.05, 4.69) is 34.7 Å². The van der Waals surface area contributed by atoms with Crippen LogP contribution in [0.5, 0.6) is 0 Å². The number of carbonyl (C=O) groups excluding carboxylic acids is 1. The molecule has 5 heteroatoms. The van der Waals surface area contributed by atoms with Gasteiger partial charge in [-0.3, -0.25) is 9.89 Å². The Morgan fingerprint density at radius 2 is 2.29 bits per heavy atom. The van der Waals surface area contributed by atoms with Crippen molar-refractivity contribution in [2.75, 3.05) is 6.54 Å². The lowest BCUT2D eigenvalue weighted by Gasteiger charge is -2.35. The highest BCUT2D eigenvalue weighted by atomic mass is 16.1. The summed E-state index contributed by atoms with van der Waals surface area (Å²) in [5.41, 5.74) is 1.45. The first-order valence-electron chi connectivity index (χ1n) is 6.14. The second-order valence-electron chi connectivity index (χ2n) is 4.92. The van der Waals surface area contributed by atoms with Crippen molar-refractivity contribution < 1.29 is 4.79 Å². The van der Waals surface area contributed by atoms with E-state index in [0.717, 1.165) is 18.7 Å². The fraction of sp³-hybridized carbons (Fsp3) is 0.667. The highest BCUT2D eigenvalue weighted by molar-refractivity contribution is 5.95. The van der Waals surface area contributed by atoms with E-state index in [-0.39, 0.29) is 11.9 Å². The van der Waals surface area contributed by atoms with Crippen molar-refractivity contribution in [3.05, 3.63) is 17.5 Å². The highest BCUT2D eigenvalue weighted by Gasteiger charge is 2.29. The predicted octanol–water partition coefficient (Wildman–Crippen LogP) is 0.834. The molecular formula is C12H20N4O. The first-order chi connectivity index (χ1) is 8.09. The molecule has 5 nitrogen and oxygen atoms in total. The summed E-state index contributed by atoms with van der Waals surface area (Å²) in [4.78, 5) is 12.1. The summed E-state index contributed by atoms with van der Waals surface area (Å²) in [6.45, 7) is 7.18. The molecule has 1 fully saturated rings. The standard InChI is InChI=1S/C12H20N4O/c1-7-4-5-13-9(3)11(7)15-12(17)10-6-14-16-8(10)2/h6-7,9,11,13H,4-5H2,1-3H3,(H,14,16)(H,15,17). The summed E-state index contributed by atoms with van der Waals surface area (Å²) >= 11 is 0. The van der Waals surface area contributed by atoms with Crippen molar-refractivity contribution in [1.82, 2.24) is 20.8 Å². The van der Waals surface area contributed by atoms with Gasteiger partial charge in [0, 0.05) is 17.8 Å². The van der Waals surface area contributed by atoms with Crippen LogP contribution in [-0.2, 0) is 0 Å². The van der Waals surface area contributed by atoms with Gasteiger partial charge in [-0.05, 0) is 32.7 Å². The average molecular weight is 236 g/mol. The minimum atomic E-state index is -0.0383. The number of piperidine rings is 1. The Morgan fingerprint density at radius 3 is 2.88 bits per heavy atom. The van der Waals surface area contributed by atoms with Crippen molar-refractivity contribution in [1.29, 1.82) is 0 Å². The Morgan fingerprint density at radius 1 is 1.53 bits per heavy atom. The molecular weight excluding hydrogens is 216 g/mol. The third-order valence-electron chi connectivity index (χ3n) is 3.59. The van der Waals surface area contributed by atoms with Gasteiger partial charge in [0.05, 0.1) is 11.8 Å². The summed E-state index contributed by atoms with van der Waals surface area (Å²) in [5, 5.41) is 13.1. The molecule has 3 N–H and O–H groups in total. The molecule has 0 aliphatic carbocycles. The monoisotopic (exact) mass is 236 g/mol. The Labute approximate surface area is 101 Å². The van der Waals surface area contributed by atoms with Gasteiger partial charge in [0.2, 0.25) is 0 Å². The third-order valence-corrected chi connectivity index (χ3v) is 3.59. The first kappa shape index (κ1) is 12.1. The number of hydrogen-bond donors (Lipinski definition) is 3. The largest absolute Gasteiger partial charge is 0.347 e. The Kier molecular flexibility index (Phi) is 3.47. The fourth-order valence-electron chi connectivity index (χ4n) is 2.41. The number of nitrogens with zero attached hydrogens (tertiary/aromatic N) is 1. The Bertz CT molecular complexity index is 391. The highest BCUT2D eigenvalue weighted by Crippen LogP contribution is 2.17. The zero-order chi connectivity index (χ0) is 12.4. The number of rotatable bonds is 2. The molecule has 1 aromatic rings. The maximum absolute atomic E-state index is 12.1. The van der Waals surface area contributed by atoms with E-state index in [9.17, 15) is 4.79 Å². The number of hydrogen-bond acceptors (Lipinski definition) is 3. The molecule has 1 amide bonds. The number of carbonyl (C=O) groups is 1. The number of H-pyrrole nitrogens is 1. The van der Waals surface area contributed by atoms with Gasteiger partial charge in [-0.1, -0.05) is 6.92 Å². The van der Waals surface area contributed by atoms with Crippen molar-refractivity contribution in [3.63, 3.8) is 0 Å². The number of aromatic nitrogens is 2. The molecule has 1 aliphatic rings. The fourth-order valence-corrected chi connectivity index (χ4v) is 2.41. The van der Waals surface area contributed by atoms with Gasteiger partial charge in [0.15, 0.2) is 0 Å². The molecule has 0 spiro atoms. The lowest BCUT2D eigenvalue weighted by molar-refractivity contribution is 0.0897. The van der Waals surface area contributed by atoms with Gasteiger partial charge in [0.1, 0.15) is 0 Å². The maximum atomic E-state index is 12.1. The molecule has 1 aromatic heterocycles. The van der Waals surface area contributed by atoms with E-state index >= 15 is 0 Å². The van der Waals surface area contributed by atoms with Crippen LogP contribution in [0.2, 0.25) is 0 Å². The van der Waals surface area contributed by atoms with E-state index in [4.69, 9.17) is 0 Å². The van der Waals surface area contributed by atoms with Crippen molar-refractivity contribution in [3.8, 4) is 0 Å². The van der Waals surface area contributed by atoms with Crippen molar-refractivity contribution >= 4 is 5.91 Å². The van der Waals surface area contributed by atoms with Gasteiger partial charge in [0.25, 0.3) is 5.91 Å². The molecule has 0 bridgehead atoms. The average Bonchev–Trinajstić information content (AvgIpc) is 2.70. The molecule has 0 saturated carbocycles. The Balaban J connectivity index is 2.05. The van der Waals surface area contributed by atoms with E-state index in [0.29, 0.717) is 17.5 Å². The van der Waals surface area contributed by atoms with E-state index in [1.165, 1.54) is 0 Å². The number of nitrogens with one attached hydrogen (secondary N) is 3. The number of aryl methyl sites for hydroxylation is 1. The zero-order valence-corrected chi connectivity index (χ0v) is 10.6. The van der Waals surface area contributed by atoms with E-state index < -0.39 is 0 Å². The van der Waals surface area contributed by atoms with Crippen molar-refractivity contribution in [2.24, 2.45) is 5.92 Å². The summed E-state index contributed by atoms with van der Waals surface area (Å²) in [5.74, 6) is 0.464. The van der Waals surface area contributed by atoms with Crippen LogP contribution >= 0.6 is 0 Å². The minimum Gasteiger partial charge on any atom is -0.347 e. The van der Waals surface area contributed by atoms with Crippen LogP contribution in [0.4, 0.5) is 0 Å². The van der Waals surface area contributed by atoms with Gasteiger partial charge in [-0.15, -0.1) is 0 Å². The summed E-state index contributed by atoms with van der Waals surface area (Å²) in [6, 6.07) is 0.500. The molecule has 0 radical (unpaired) electrons. The summed E-state index contributed by atoms with van der Waals surface area (Å²) in [7, 11) is 0. The quantitative estimate of drug-likeness (QED) is 0.712. The second kappa shape index (κ2) is 4.87. The topological polar surface area (TPSA) is 69.8 Å².